The topological polar surface area (TPSA) is 73.4 Å². The van der Waals surface area contributed by atoms with Gasteiger partial charge in [-0.25, -0.2) is 0 Å². The average Bonchev–Trinajstić information content (AvgIpc) is 2.63. The summed E-state index contributed by atoms with van der Waals surface area (Å²) in [5, 5.41) is 14.6. The van der Waals surface area contributed by atoms with Gasteiger partial charge in [0.25, 0.3) is 0 Å². The van der Waals surface area contributed by atoms with Crippen molar-refractivity contribution in [2.75, 3.05) is 5.32 Å². The number of hydrazine groups is 1. The Hall–Kier alpha value is -1.66. The first-order valence-electron chi connectivity index (χ1n) is 10.7. The third kappa shape index (κ3) is 4.75. The molecule has 0 radical (unpaired) electrons. The lowest BCUT2D eigenvalue weighted by molar-refractivity contribution is -0.173. The zero-order valence-corrected chi connectivity index (χ0v) is 18.9. The molecule has 2 saturated carbocycles. The van der Waals surface area contributed by atoms with Crippen molar-refractivity contribution in [1.82, 2.24) is 10.9 Å². The lowest BCUT2D eigenvalue weighted by Gasteiger charge is -2.61. The number of amides is 1. The molecule has 2 aliphatic rings. The largest absolute Gasteiger partial charge is 0.390 e. The van der Waals surface area contributed by atoms with Gasteiger partial charge >= 0.3 is 0 Å². The minimum atomic E-state index is -0.835. The van der Waals surface area contributed by atoms with E-state index in [9.17, 15) is 9.90 Å². The molecule has 1 amide bonds. The van der Waals surface area contributed by atoms with Crippen LogP contribution < -0.4 is 16.2 Å². The maximum atomic E-state index is 12.8. The predicted octanol–water partition coefficient (Wildman–Crippen LogP) is 4.39. The van der Waals surface area contributed by atoms with Crippen LogP contribution in [0, 0.1) is 22.7 Å². The number of anilines is 1. The number of carbonyl (C=O) groups is 1. The molecule has 5 nitrogen and oxygen atoms in total. The van der Waals surface area contributed by atoms with Crippen LogP contribution in [0.25, 0.3) is 0 Å². The van der Waals surface area contributed by atoms with Crippen LogP contribution in [0.3, 0.4) is 0 Å². The van der Waals surface area contributed by atoms with Crippen molar-refractivity contribution >= 4 is 28.9 Å². The second-order valence-corrected chi connectivity index (χ2v) is 10.5. The zero-order valence-electron chi connectivity index (χ0n) is 18.0. The smallest absolute Gasteiger partial charge is 0.238 e. The fourth-order valence-electron chi connectivity index (χ4n) is 6.12. The molecule has 4 N–H and O–H groups in total. The van der Waals surface area contributed by atoms with Crippen molar-refractivity contribution in [3.05, 3.63) is 30.3 Å². The molecule has 0 heterocycles. The summed E-state index contributed by atoms with van der Waals surface area (Å²) in [5.41, 5.74) is 5.74. The van der Waals surface area contributed by atoms with E-state index in [0.29, 0.717) is 11.0 Å². The van der Waals surface area contributed by atoms with Gasteiger partial charge in [0.15, 0.2) is 5.11 Å². The molecular formula is C23H35N3O2S. The highest BCUT2D eigenvalue weighted by Crippen LogP contribution is 2.62. The Morgan fingerprint density at radius 3 is 2.48 bits per heavy atom. The van der Waals surface area contributed by atoms with Crippen LogP contribution >= 0.6 is 12.2 Å². The molecule has 29 heavy (non-hydrogen) atoms. The van der Waals surface area contributed by atoms with E-state index >= 15 is 0 Å². The van der Waals surface area contributed by atoms with Crippen LogP contribution in [-0.2, 0) is 4.79 Å². The van der Waals surface area contributed by atoms with Gasteiger partial charge < -0.3 is 10.4 Å². The summed E-state index contributed by atoms with van der Waals surface area (Å²) in [7, 11) is 0. The van der Waals surface area contributed by atoms with Gasteiger partial charge in [-0.3, -0.25) is 15.6 Å². The number of fused-ring (bicyclic) bond motifs is 1. The molecule has 1 aromatic carbocycles. The Kier molecular flexibility index (Phi) is 6.25. The first kappa shape index (κ1) is 22.0. The molecule has 3 rings (SSSR count). The highest BCUT2D eigenvalue weighted by Gasteiger charge is 2.58. The minimum Gasteiger partial charge on any atom is -0.390 e. The Morgan fingerprint density at radius 1 is 1.10 bits per heavy atom. The molecule has 160 valence electrons. The van der Waals surface area contributed by atoms with Gasteiger partial charge in [-0.1, -0.05) is 45.4 Å². The molecule has 0 bridgehead atoms. The molecule has 1 aromatic rings. The van der Waals surface area contributed by atoms with Crippen molar-refractivity contribution in [3.63, 3.8) is 0 Å². The van der Waals surface area contributed by atoms with Gasteiger partial charge in [0.05, 0.1) is 5.60 Å². The minimum absolute atomic E-state index is 0.0381. The quantitative estimate of drug-likeness (QED) is 0.434. The SMILES string of the molecule is CC1(C)CCC[C@@]2(C)[C@@H]1CC[C@@](C)(O)[C@@H]2CC(=O)NNC(=S)Nc1ccccc1. The van der Waals surface area contributed by atoms with Crippen LogP contribution in [-0.4, -0.2) is 21.7 Å². The molecule has 4 atom stereocenters. The molecule has 0 spiro atoms. The van der Waals surface area contributed by atoms with E-state index in [4.69, 9.17) is 12.2 Å². The van der Waals surface area contributed by atoms with Gasteiger partial charge in [-0.05, 0) is 73.7 Å². The number of benzene rings is 1. The predicted molar refractivity (Wildman–Crippen MR) is 121 cm³/mol. The van der Waals surface area contributed by atoms with Gasteiger partial charge in [0.1, 0.15) is 0 Å². The Bertz CT molecular complexity index is 750. The Morgan fingerprint density at radius 2 is 1.79 bits per heavy atom. The van der Waals surface area contributed by atoms with Crippen molar-refractivity contribution in [2.45, 2.75) is 71.8 Å². The van der Waals surface area contributed by atoms with E-state index in [2.05, 4.69) is 36.9 Å². The number of hydrogen-bond donors (Lipinski definition) is 4. The van der Waals surface area contributed by atoms with Gasteiger partial charge in [0, 0.05) is 18.0 Å². The van der Waals surface area contributed by atoms with Gasteiger partial charge in [-0.2, -0.15) is 0 Å². The van der Waals surface area contributed by atoms with E-state index in [1.165, 1.54) is 6.42 Å². The molecule has 0 aromatic heterocycles. The summed E-state index contributed by atoms with van der Waals surface area (Å²) >= 11 is 5.26. The molecule has 0 aliphatic heterocycles. The second kappa shape index (κ2) is 8.23. The number of thiocarbonyl (C=S) groups is 1. The summed E-state index contributed by atoms with van der Waals surface area (Å²) < 4.78 is 0. The maximum Gasteiger partial charge on any atom is 0.238 e. The molecular weight excluding hydrogens is 382 g/mol. The third-order valence-corrected chi connectivity index (χ3v) is 7.70. The maximum absolute atomic E-state index is 12.8. The summed E-state index contributed by atoms with van der Waals surface area (Å²) in [4.78, 5) is 12.8. The highest BCUT2D eigenvalue weighted by molar-refractivity contribution is 7.80. The summed E-state index contributed by atoms with van der Waals surface area (Å²) in [5.74, 6) is 0.305. The van der Waals surface area contributed by atoms with Crippen LogP contribution in [0.15, 0.2) is 30.3 Å². The standard InChI is InChI=1S/C23H35N3O2S/c1-21(2)12-8-13-22(3)17(21)11-14-23(4,28)18(22)15-19(27)25-26-20(29)24-16-9-6-5-7-10-16/h5-7,9-10,17-18,28H,8,11-15H2,1-4H3,(H,25,27)(H2,24,26,29)/t17-,18-,22+,23-/m1/s1. The summed E-state index contributed by atoms with van der Waals surface area (Å²) in [6.45, 7) is 8.89. The van der Waals surface area contributed by atoms with Crippen LogP contribution in [0.5, 0.6) is 0 Å². The molecule has 0 saturated heterocycles. The fraction of sp³-hybridized carbons (Fsp3) is 0.652. The van der Waals surface area contributed by atoms with Crippen LogP contribution in [0.2, 0.25) is 0 Å². The lowest BCUT2D eigenvalue weighted by atomic mass is 9.45. The lowest BCUT2D eigenvalue weighted by Crippen LogP contribution is -2.59. The first-order valence-corrected chi connectivity index (χ1v) is 11.1. The van der Waals surface area contributed by atoms with Crippen LogP contribution in [0.1, 0.15) is 66.2 Å². The Labute approximate surface area is 180 Å². The second-order valence-electron chi connectivity index (χ2n) is 10.0. The van der Waals surface area contributed by atoms with E-state index < -0.39 is 5.60 Å². The Balaban J connectivity index is 1.63. The van der Waals surface area contributed by atoms with E-state index in [1.54, 1.807) is 0 Å². The van der Waals surface area contributed by atoms with Gasteiger partial charge in [0.2, 0.25) is 5.91 Å². The number of aliphatic hydroxyl groups is 1. The van der Waals surface area contributed by atoms with Crippen molar-refractivity contribution < 1.29 is 9.90 Å². The van der Waals surface area contributed by atoms with Crippen molar-refractivity contribution in [2.24, 2.45) is 22.7 Å². The normalized spacial score (nSPS) is 33.3. The monoisotopic (exact) mass is 417 g/mol. The summed E-state index contributed by atoms with van der Waals surface area (Å²) in [6.07, 6.45) is 5.49. The third-order valence-electron chi connectivity index (χ3n) is 7.50. The number of hydrogen-bond acceptors (Lipinski definition) is 3. The number of nitrogens with one attached hydrogen (secondary N) is 3. The summed E-state index contributed by atoms with van der Waals surface area (Å²) in [6, 6.07) is 9.57. The van der Waals surface area contributed by atoms with Gasteiger partial charge in [-0.15, -0.1) is 0 Å². The fourth-order valence-corrected chi connectivity index (χ4v) is 6.29. The number of para-hydroxylation sites is 1. The van der Waals surface area contributed by atoms with E-state index in [0.717, 1.165) is 31.4 Å². The average molecular weight is 418 g/mol. The molecule has 2 fully saturated rings. The molecule has 2 aliphatic carbocycles. The molecule has 6 heteroatoms. The van der Waals surface area contributed by atoms with Crippen LogP contribution in [0.4, 0.5) is 5.69 Å². The highest BCUT2D eigenvalue weighted by atomic mass is 32.1. The van der Waals surface area contributed by atoms with E-state index in [-0.39, 0.29) is 29.1 Å². The van der Waals surface area contributed by atoms with Crippen molar-refractivity contribution in [1.29, 1.82) is 0 Å². The first-order chi connectivity index (χ1) is 13.5. The molecule has 0 unspecified atom stereocenters. The number of carbonyl (C=O) groups excluding carboxylic acids is 1. The zero-order chi connectivity index (χ0) is 21.3. The van der Waals surface area contributed by atoms with E-state index in [1.807, 2.05) is 37.3 Å². The number of rotatable bonds is 3. The van der Waals surface area contributed by atoms with Crippen molar-refractivity contribution in [3.8, 4) is 0 Å².